The predicted octanol–water partition coefficient (Wildman–Crippen LogP) is 3.73. The predicted molar refractivity (Wildman–Crippen MR) is 92.2 cm³/mol. The molecule has 0 fully saturated rings. The molecule has 7 heteroatoms. The number of aromatic amines is 1. The lowest BCUT2D eigenvalue weighted by molar-refractivity contribution is -0.115. The summed E-state index contributed by atoms with van der Waals surface area (Å²) in [6.45, 7) is 1.75. The maximum absolute atomic E-state index is 13.1. The second kappa shape index (κ2) is 7.27. The van der Waals surface area contributed by atoms with E-state index in [0.717, 1.165) is 5.56 Å². The van der Waals surface area contributed by atoms with Gasteiger partial charge < -0.3 is 5.32 Å². The number of carbonyl (C=O) groups is 1. The third-order valence-corrected chi connectivity index (χ3v) is 4.22. The molecule has 1 amide bonds. The first kappa shape index (κ1) is 16.2. The SMILES string of the molecule is C[C@@H](Sc1n[nH]c(-c2ccccc2)n1)C(=O)Nc1cccc(F)c1. The topological polar surface area (TPSA) is 70.7 Å². The van der Waals surface area contributed by atoms with Gasteiger partial charge in [0.15, 0.2) is 5.82 Å². The van der Waals surface area contributed by atoms with E-state index in [1.165, 1.54) is 23.9 Å². The fourth-order valence-electron chi connectivity index (χ4n) is 2.05. The van der Waals surface area contributed by atoms with Gasteiger partial charge in [0.2, 0.25) is 11.1 Å². The number of H-pyrrole nitrogens is 1. The zero-order valence-corrected chi connectivity index (χ0v) is 13.7. The summed E-state index contributed by atoms with van der Waals surface area (Å²) in [5.41, 5.74) is 1.35. The molecule has 0 aliphatic rings. The number of anilines is 1. The number of carbonyl (C=O) groups excluding carboxylic acids is 1. The van der Waals surface area contributed by atoms with Crippen LogP contribution in [0.4, 0.5) is 10.1 Å². The minimum absolute atomic E-state index is 0.239. The molecule has 1 aromatic heterocycles. The molecule has 1 heterocycles. The van der Waals surface area contributed by atoms with Crippen LogP contribution in [0, 0.1) is 5.82 Å². The molecule has 1 atom stereocenters. The van der Waals surface area contributed by atoms with E-state index in [0.29, 0.717) is 16.7 Å². The molecule has 5 nitrogen and oxygen atoms in total. The monoisotopic (exact) mass is 342 g/mol. The zero-order chi connectivity index (χ0) is 16.9. The van der Waals surface area contributed by atoms with Crippen LogP contribution in [0.3, 0.4) is 0 Å². The van der Waals surface area contributed by atoms with Crippen LogP contribution in [-0.4, -0.2) is 26.3 Å². The summed E-state index contributed by atoms with van der Waals surface area (Å²) in [7, 11) is 0. The molecule has 3 aromatic rings. The summed E-state index contributed by atoms with van der Waals surface area (Å²) in [5.74, 6) is 0.0158. The summed E-state index contributed by atoms with van der Waals surface area (Å²) in [4.78, 5) is 16.6. The van der Waals surface area contributed by atoms with Crippen molar-refractivity contribution in [2.75, 3.05) is 5.32 Å². The molecule has 0 aliphatic carbocycles. The van der Waals surface area contributed by atoms with Crippen molar-refractivity contribution in [2.24, 2.45) is 0 Å². The van der Waals surface area contributed by atoms with Crippen LogP contribution in [0.2, 0.25) is 0 Å². The molecule has 0 bridgehead atoms. The zero-order valence-electron chi connectivity index (χ0n) is 12.9. The van der Waals surface area contributed by atoms with Gasteiger partial charge in [0.25, 0.3) is 0 Å². The molecule has 2 N–H and O–H groups in total. The average molecular weight is 342 g/mol. The van der Waals surface area contributed by atoms with Crippen LogP contribution in [0.25, 0.3) is 11.4 Å². The quantitative estimate of drug-likeness (QED) is 0.693. The summed E-state index contributed by atoms with van der Waals surface area (Å²) in [6, 6.07) is 15.4. The van der Waals surface area contributed by atoms with Gasteiger partial charge >= 0.3 is 0 Å². The minimum Gasteiger partial charge on any atom is -0.325 e. The molecule has 24 heavy (non-hydrogen) atoms. The van der Waals surface area contributed by atoms with Crippen molar-refractivity contribution in [3.63, 3.8) is 0 Å². The molecular formula is C17H15FN4OS. The Morgan fingerprint density at radius 2 is 2.00 bits per heavy atom. The number of amides is 1. The second-order valence-corrected chi connectivity index (χ2v) is 6.40. The molecule has 0 radical (unpaired) electrons. The van der Waals surface area contributed by atoms with Gasteiger partial charge in [-0.25, -0.2) is 9.37 Å². The maximum atomic E-state index is 13.1. The van der Waals surface area contributed by atoms with Crippen molar-refractivity contribution in [1.29, 1.82) is 0 Å². The summed E-state index contributed by atoms with van der Waals surface area (Å²) >= 11 is 1.23. The van der Waals surface area contributed by atoms with E-state index >= 15 is 0 Å². The fraction of sp³-hybridized carbons (Fsp3) is 0.118. The highest BCUT2D eigenvalue weighted by Crippen LogP contribution is 2.23. The number of hydrogen-bond acceptors (Lipinski definition) is 4. The Balaban J connectivity index is 1.63. The maximum Gasteiger partial charge on any atom is 0.237 e. The number of thioether (sulfide) groups is 1. The van der Waals surface area contributed by atoms with Crippen LogP contribution in [0.5, 0.6) is 0 Å². The third kappa shape index (κ3) is 3.99. The van der Waals surface area contributed by atoms with E-state index < -0.39 is 11.1 Å². The number of halogens is 1. The lowest BCUT2D eigenvalue weighted by Crippen LogP contribution is -2.22. The lowest BCUT2D eigenvalue weighted by Gasteiger charge is -2.10. The first-order valence-electron chi connectivity index (χ1n) is 7.33. The molecule has 0 saturated heterocycles. The van der Waals surface area contributed by atoms with Crippen LogP contribution in [-0.2, 0) is 4.79 Å². The van der Waals surface area contributed by atoms with Gasteiger partial charge in [0.05, 0.1) is 5.25 Å². The first-order valence-corrected chi connectivity index (χ1v) is 8.21. The van der Waals surface area contributed by atoms with E-state index in [-0.39, 0.29) is 5.91 Å². The van der Waals surface area contributed by atoms with Crippen LogP contribution >= 0.6 is 11.8 Å². The van der Waals surface area contributed by atoms with E-state index in [1.54, 1.807) is 19.1 Å². The number of aromatic nitrogens is 3. The minimum atomic E-state index is -0.423. The molecule has 0 spiro atoms. The van der Waals surface area contributed by atoms with Crippen molar-refractivity contribution in [2.45, 2.75) is 17.3 Å². The van der Waals surface area contributed by atoms with Crippen LogP contribution in [0.15, 0.2) is 59.8 Å². The Kier molecular flexibility index (Phi) is 4.90. The Morgan fingerprint density at radius 3 is 2.75 bits per heavy atom. The highest BCUT2D eigenvalue weighted by molar-refractivity contribution is 8.00. The van der Waals surface area contributed by atoms with Crippen molar-refractivity contribution in [1.82, 2.24) is 15.2 Å². The Hall–Kier alpha value is -2.67. The number of nitrogens with one attached hydrogen (secondary N) is 2. The Bertz CT molecular complexity index is 837. The van der Waals surface area contributed by atoms with Crippen LogP contribution < -0.4 is 5.32 Å². The van der Waals surface area contributed by atoms with E-state index in [2.05, 4.69) is 20.5 Å². The second-order valence-electron chi connectivity index (χ2n) is 5.09. The van der Waals surface area contributed by atoms with Crippen molar-refractivity contribution in [3.05, 3.63) is 60.4 Å². The van der Waals surface area contributed by atoms with Gasteiger partial charge in [-0.1, -0.05) is 48.2 Å². The summed E-state index contributed by atoms with van der Waals surface area (Å²) in [6.07, 6.45) is 0. The largest absolute Gasteiger partial charge is 0.325 e. The van der Waals surface area contributed by atoms with Gasteiger partial charge in [-0.3, -0.25) is 9.89 Å². The number of hydrogen-bond donors (Lipinski definition) is 2. The standard InChI is InChI=1S/C17H15FN4OS/c1-11(16(23)19-14-9-5-8-13(18)10-14)24-17-20-15(21-22-17)12-6-3-2-4-7-12/h2-11H,1H3,(H,19,23)(H,20,21,22)/t11-/m1/s1. The van der Waals surface area contributed by atoms with E-state index in [1.807, 2.05) is 30.3 Å². The van der Waals surface area contributed by atoms with Crippen molar-refractivity contribution < 1.29 is 9.18 Å². The van der Waals surface area contributed by atoms with Gasteiger partial charge in [0.1, 0.15) is 5.82 Å². The molecular weight excluding hydrogens is 327 g/mol. The highest BCUT2D eigenvalue weighted by Gasteiger charge is 2.17. The fourth-order valence-corrected chi connectivity index (χ4v) is 2.77. The van der Waals surface area contributed by atoms with Gasteiger partial charge in [-0.2, -0.15) is 0 Å². The summed E-state index contributed by atoms with van der Waals surface area (Å²) < 4.78 is 13.1. The van der Waals surface area contributed by atoms with Crippen molar-refractivity contribution in [3.8, 4) is 11.4 Å². The Morgan fingerprint density at radius 1 is 1.21 bits per heavy atom. The van der Waals surface area contributed by atoms with Gasteiger partial charge in [-0.15, -0.1) is 5.10 Å². The molecule has 3 rings (SSSR count). The number of nitrogens with zero attached hydrogens (tertiary/aromatic N) is 2. The normalized spacial score (nSPS) is 11.9. The van der Waals surface area contributed by atoms with E-state index in [9.17, 15) is 9.18 Å². The molecule has 122 valence electrons. The van der Waals surface area contributed by atoms with Gasteiger partial charge in [-0.05, 0) is 25.1 Å². The van der Waals surface area contributed by atoms with Crippen LogP contribution in [0.1, 0.15) is 6.92 Å². The molecule has 2 aromatic carbocycles. The molecule has 0 saturated carbocycles. The lowest BCUT2D eigenvalue weighted by atomic mass is 10.2. The van der Waals surface area contributed by atoms with Crippen molar-refractivity contribution >= 4 is 23.4 Å². The summed E-state index contributed by atoms with van der Waals surface area (Å²) in [5, 5.41) is 9.72. The smallest absolute Gasteiger partial charge is 0.237 e. The molecule has 0 unspecified atom stereocenters. The Labute approximate surface area is 142 Å². The number of benzene rings is 2. The van der Waals surface area contributed by atoms with E-state index in [4.69, 9.17) is 0 Å². The third-order valence-electron chi connectivity index (χ3n) is 3.26. The average Bonchev–Trinajstić information content (AvgIpc) is 3.04. The van der Waals surface area contributed by atoms with Gasteiger partial charge in [0, 0.05) is 11.3 Å². The highest BCUT2D eigenvalue weighted by atomic mass is 32.2. The molecule has 0 aliphatic heterocycles. The number of rotatable bonds is 5. The first-order chi connectivity index (χ1) is 11.6.